The second-order valence-electron chi connectivity index (χ2n) is 5.13. The molecule has 0 N–H and O–H groups in total. The van der Waals surface area contributed by atoms with Crippen molar-refractivity contribution < 1.29 is 13.9 Å². The minimum Gasteiger partial charge on any atom is -0.492 e. The van der Waals surface area contributed by atoms with Crippen molar-refractivity contribution in [3.63, 3.8) is 0 Å². The Morgan fingerprint density at radius 2 is 2.11 bits per heavy atom. The van der Waals surface area contributed by atoms with Crippen LogP contribution in [0.5, 0.6) is 5.75 Å². The molecule has 104 valence electrons. The summed E-state index contributed by atoms with van der Waals surface area (Å²) >= 11 is 5.97. The predicted octanol–water partition coefficient (Wildman–Crippen LogP) is 3.25. The molecule has 3 nitrogen and oxygen atoms in total. The Morgan fingerprint density at radius 3 is 2.68 bits per heavy atom. The predicted molar refractivity (Wildman–Crippen MR) is 72.7 cm³/mol. The van der Waals surface area contributed by atoms with Crippen LogP contribution >= 0.6 is 11.6 Å². The highest BCUT2D eigenvalue weighted by Crippen LogP contribution is 2.40. The number of epoxide rings is 1. The van der Waals surface area contributed by atoms with E-state index in [1.165, 1.54) is 6.07 Å². The van der Waals surface area contributed by atoms with Crippen LogP contribution in [-0.2, 0) is 4.74 Å². The fourth-order valence-electron chi connectivity index (χ4n) is 2.57. The molecule has 0 bridgehead atoms. The molecule has 19 heavy (non-hydrogen) atoms. The van der Waals surface area contributed by atoms with Gasteiger partial charge in [-0.25, -0.2) is 4.39 Å². The number of piperidine rings is 1. The Hall–Kier alpha value is -1.00. The molecule has 1 spiro atoms. The third-order valence-corrected chi connectivity index (χ3v) is 4.16. The topological polar surface area (TPSA) is 25.0 Å². The second kappa shape index (κ2) is 4.84. The van der Waals surface area contributed by atoms with Crippen LogP contribution in [0, 0.1) is 5.82 Å². The van der Waals surface area contributed by atoms with Crippen molar-refractivity contribution in [1.29, 1.82) is 0 Å². The largest absolute Gasteiger partial charge is 0.492 e. The molecule has 0 radical (unpaired) electrons. The molecule has 1 aromatic carbocycles. The monoisotopic (exact) mass is 285 g/mol. The molecular formula is C14H17ClFNO2. The van der Waals surface area contributed by atoms with Crippen LogP contribution in [-0.4, -0.2) is 31.9 Å². The third-order valence-electron chi connectivity index (χ3n) is 3.87. The highest BCUT2D eigenvalue weighted by atomic mass is 35.5. The van der Waals surface area contributed by atoms with Gasteiger partial charge in [-0.3, -0.25) is 0 Å². The lowest BCUT2D eigenvalue weighted by Crippen LogP contribution is -2.38. The molecule has 2 heterocycles. The van der Waals surface area contributed by atoms with Crippen LogP contribution in [0.1, 0.15) is 19.8 Å². The fourth-order valence-corrected chi connectivity index (χ4v) is 2.78. The summed E-state index contributed by atoms with van der Waals surface area (Å²) in [6.45, 7) is 4.87. The first-order valence-corrected chi connectivity index (χ1v) is 7.02. The van der Waals surface area contributed by atoms with Gasteiger partial charge in [-0.2, -0.15) is 0 Å². The van der Waals surface area contributed by atoms with Gasteiger partial charge < -0.3 is 14.4 Å². The van der Waals surface area contributed by atoms with Gasteiger partial charge in [-0.15, -0.1) is 0 Å². The van der Waals surface area contributed by atoms with E-state index in [0.29, 0.717) is 23.1 Å². The van der Waals surface area contributed by atoms with Crippen molar-refractivity contribution in [2.45, 2.75) is 25.4 Å². The summed E-state index contributed by atoms with van der Waals surface area (Å²) in [6, 6.07) is 3.03. The summed E-state index contributed by atoms with van der Waals surface area (Å²) in [6.07, 6.45) is 1.91. The summed E-state index contributed by atoms with van der Waals surface area (Å²) < 4.78 is 24.9. The summed E-state index contributed by atoms with van der Waals surface area (Å²) in [7, 11) is 0. The zero-order valence-corrected chi connectivity index (χ0v) is 11.7. The molecule has 2 aliphatic rings. The summed E-state index contributed by atoms with van der Waals surface area (Å²) in [5.41, 5.74) is 0.672. The van der Waals surface area contributed by atoms with Crippen molar-refractivity contribution >= 4 is 17.3 Å². The van der Waals surface area contributed by atoms with Gasteiger partial charge in [0, 0.05) is 19.2 Å². The first-order valence-electron chi connectivity index (χ1n) is 6.64. The number of hydrogen-bond donors (Lipinski definition) is 0. The molecule has 1 aromatic rings. The molecule has 2 fully saturated rings. The van der Waals surface area contributed by atoms with Crippen LogP contribution in [0.25, 0.3) is 0 Å². The lowest BCUT2D eigenvalue weighted by atomic mass is 9.97. The second-order valence-corrected chi connectivity index (χ2v) is 5.53. The highest BCUT2D eigenvalue weighted by Gasteiger charge is 2.46. The lowest BCUT2D eigenvalue weighted by molar-refractivity contribution is 0.258. The maximum Gasteiger partial charge on any atom is 0.148 e. The number of benzene rings is 1. The van der Waals surface area contributed by atoms with E-state index in [0.717, 1.165) is 32.5 Å². The molecule has 0 aliphatic carbocycles. The Bertz CT molecular complexity index is 481. The van der Waals surface area contributed by atoms with E-state index in [2.05, 4.69) is 0 Å². The van der Waals surface area contributed by atoms with E-state index in [1.807, 2.05) is 11.8 Å². The number of nitrogens with zero attached hydrogens (tertiary/aromatic N) is 1. The molecular weight excluding hydrogens is 269 g/mol. The molecule has 0 unspecified atom stereocenters. The van der Waals surface area contributed by atoms with Gasteiger partial charge in [0.25, 0.3) is 0 Å². The summed E-state index contributed by atoms with van der Waals surface area (Å²) in [5.74, 6) is 0.254. The lowest BCUT2D eigenvalue weighted by Gasteiger charge is -2.32. The van der Waals surface area contributed by atoms with Gasteiger partial charge in [-0.1, -0.05) is 11.6 Å². The number of rotatable bonds is 3. The van der Waals surface area contributed by atoms with E-state index in [9.17, 15) is 4.39 Å². The Balaban J connectivity index is 1.81. The molecule has 5 heteroatoms. The highest BCUT2D eigenvalue weighted by molar-refractivity contribution is 6.32. The standard InChI is InChI=1S/C14H17ClFNO2/c1-2-18-13-8-12(11(16)7-10(13)15)17-5-3-14(4-6-17)9-19-14/h7-8H,2-6,9H2,1H3. The Morgan fingerprint density at radius 1 is 1.42 bits per heavy atom. The van der Waals surface area contributed by atoms with Gasteiger partial charge in [0.2, 0.25) is 0 Å². The fraction of sp³-hybridized carbons (Fsp3) is 0.571. The quantitative estimate of drug-likeness (QED) is 0.797. The van der Waals surface area contributed by atoms with E-state index in [4.69, 9.17) is 21.1 Å². The van der Waals surface area contributed by atoms with E-state index in [1.54, 1.807) is 6.07 Å². The van der Waals surface area contributed by atoms with E-state index >= 15 is 0 Å². The smallest absolute Gasteiger partial charge is 0.148 e. The van der Waals surface area contributed by atoms with E-state index in [-0.39, 0.29) is 11.4 Å². The average molecular weight is 286 g/mol. The maximum atomic E-state index is 14.1. The first-order chi connectivity index (χ1) is 9.13. The molecule has 2 saturated heterocycles. The van der Waals surface area contributed by atoms with Gasteiger partial charge in [-0.05, 0) is 25.8 Å². The molecule has 0 saturated carbocycles. The third kappa shape index (κ3) is 2.51. The van der Waals surface area contributed by atoms with Crippen LogP contribution in [0.3, 0.4) is 0 Å². The minimum absolute atomic E-state index is 0.0994. The van der Waals surface area contributed by atoms with Crippen LogP contribution in [0.2, 0.25) is 5.02 Å². The average Bonchev–Trinajstić information content (AvgIpc) is 3.14. The van der Waals surface area contributed by atoms with Gasteiger partial charge >= 0.3 is 0 Å². The molecule has 0 amide bonds. The summed E-state index contributed by atoms with van der Waals surface area (Å²) in [5, 5.41) is 0.321. The summed E-state index contributed by atoms with van der Waals surface area (Å²) in [4.78, 5) is 2.04. The van der Waals surface area contributed by atoms with Gasteiger partial charge in [0.05, 0.1) is 29.5 Å². The van der Waals surface area contributed by atoms with Gasteiger partial charge in [0.1, 0.15) is 11.6 Å². The van der Waals surface area contributed by atoms with E-state index < -0.39 is 0 Å². The number of halogens is 2. The SMILES string of the molecule is CCOc1cc(N2CCC3(CC2)CO3)c(F)cc1Cl. The van der Waals surface area contributed by atoms with Crippen LogP contribution in [0.4, 0.5) is 10.1 Å². The minimum atomic E-state index is -0.291. The van der Waals surface area contributed by atoms with Crippen molar-refractivity contribution in [3.8, 4) is 5.75 Å². The number of ether oxygens (including phenoxy) is 2. The molecule has 0 aromatic heterocycles. The van der Waals surface area contributed by atoms with Crippen LogP contribution in [0.15, 0.2) is 12.1 Å². The first kappa shape index (κ1) is 13.0. The zero-order valence-electron chi connectivity index (χ0n) is 10.9. The molecule has 0 atom stereocenters. The molecule has 3 rings (SSSR count). The number of anilines is 1. The van der Waals surface area contributed by atoms with Gasteiger partial charge in [0.15, 0.2) is 0 Å². The molecule has 2 aliphatic heterocycles. The Kier molecular flexibility index (Phi) is 3.31. The maximum absolute atomic E-state index is 14.1. The van der Waals surface area contributed by atoms with Crippen molar-refractivity contribution in [3.05, 3.63) is 23.0 Å². The normalized spacial score (nSPS) is 20.7. The zero-order chi connectivity index (χ0) is 13.5. The number of hydrogen-bond acceptors (Lipinski definition) is 3. The Labute approximate surface area is 117 Å². The van der Waals surface area contributed by atoms with Crippen LogP contribution < -0.4 is 9.64 Å². The van der Waals surface area contributed by atoms with Crippen molar-refractivity contribution in [1.82, 2.24) is 0 Å². The van der Waals surface area contributed by atoms with Crippen molar-refractivity contribution in [2.24, 2.45) is 0 Å². The van der Waals surface area contributed by atoms with Crippen molar-refractivity contribution in [2.75, 3.05) is 31.2 Å².